The van der Waals surface area contributed by atoms with Gasteiger partial charge in [0.25, 0.3) is 0 Å². The van der Waals surface area contributed by atoms with Gasteiger partial charge in [-0.3, -0.25) is 0 Å². The fourth-order valence-corrected chi connectivity index (χ4v) is 3.10. The third-order valence-corrected chi connectivity index (χ3v) is 4.48. The van der Waals surface area contributed by atoms with Crippen molar-refractivity contribution < 1.29 is 4.74 Å². The minimum Gasteiger partial charge on any atom is -0.497 e. The molecule has 0 saturated carbocycles. The predicted octanol–water partition coefficient (Wildman–Crippen LogP) is 4.42. The summed E-state index contributed by atoms with van der Waals surface area (Å²) in [5, 5.41) is 1.31. The first-order valence-corrected chi connectivity index (χ1v) is 8.52. The molecule has 3 rings (SSSR count). The van der Waals surface area contributed by atoms with Crippen LogP contribution in [-0.2, 0) is 19.4 Å². The number of aryl methyl sites for hydroxylation is 2. The Bertz CT molecular complexity index is 796. The SMILES string of the molecule is COc1ccc2c(c1)c(CCN(C)C)cn2CCc1ccccc1.Cl. The van der Waals surface area contributed by atoms with Crippen LogP contribution in [0.2, 0.25) is 0 Å². The number of rotatable bonds is 7. The Kier molecular flexibility index (Phi) is 6.91. The maximum atomic E-state index is 5.42. The number of benzene rings is 2. The molecular weight excluding hydrogens is 332 g/mol. The van der Waals surface area contributed by atoms with Crippen molar-refractivity contribution in [2.45, 2.75) is 19.4 Å². The second kappa shape index (κ2) is 8.93. The summed E-state index contributed by atoms with van der Waals surface area (Å²) >= 11 is 0. The number of hydrogen-bond donors (Lipinski definition) is 0. The van der Waals surface area contributed by atoms with Crippen LogP contribution in [0, 0.1) is 0 Å². The zero-order valence-electron chi connectivity index (χ0n) is 15.2. The van der Waals surface area contributed by atoms with Crippen LogP contribution >= 0.6 is 12.4 Å². The van der Waals surface area contributed by atoms with Gasteiger partial charge in [0.15, 0.2) is 0 Å². The third-order valence-electron chi connectivity index (χ3n) is 4.48. The highest BCUT2D eigenvalue weighted by Crippen LogP contribution is 2.27. The summed E-state index contributed by atoms with van der Waals surface area (Å²) in [6.45, 7) is 2.05. The van der Waals surface area contributed by atoms with E-state index >= 15 is 0 Å². The predicted molar refractivity (Wildman–Crippen MR) is 108 cm³/mol. The lowest BCUT2D eigenvalue weighted by atomic mass is 10.1. The number of fused-ring (bicyclic) bond motifs is 1. The first-order valence-electron chi connectivity index (χ1n) is 8.52. The van der Waals surface area contributed by atoms with Crippen LogP contribution in [-0.4, -0.2) is 37.2 Å². The van der Waals surface area contributed by atoms with Gasteiger partial charge in [0.2, 0.25) is 0 Å². The Hall–Kier alpha value is -1.97. The lowest BCUT2D eigenvalue weighted by Crippen LogP contribution is -2.14. The van der Waals surface area contributed by atoms with E-state index in [1.165, 1.54) is 22.0 Å². The van der Waals surface area contributed by atoms with E-state index in [4.69, 9.17) is 4.74 Å². The number of ether oxygens (including phenoxy) is 1. The normalized spacial score (nSPS) is 10.9. The fourth-order valence-electron chi connectivity index (χ4n) is 3.10. The van der Waals surface area contributed by atoms with Crippen molar-refractivity contribution in [3.05, 3.63) is 65.9 Å². The van der Waals surface area contributed by atoms with Gasteiger partial charge in [0.05, 0.1) is 7.11 Å². The number of nitrogens with zero attached hydrogens (tertiary/aromatic N) is 2. The Morgan fingerprint density at radius 2 is 1.76 bits per heavy atom. The Morgan fingerprint density at radius 3 is 2.44 bits per heavy atom. The van der Waals surface area contributed by atoms with Crippen molar-refractivity contribution in [1.82, 2.24) is 9.47 Å². The highest BCUT2D eigenvalue weighted by molar-refractivity contribution is 5.86. The van der Waals surface area contributed by atoms with E-state index in [0.717, 1.165) is 31.7 Å². The van der Waals surface area contributed by atoms with Crippen LogP contribution in [0.4, 0.5) is 0 Å². The second-order valence-corrected chi connectivity index (χ2v) is 6.52. The summed E-state index contributed by atoms with van der Waals surface area (Å²) in [4.78, 5) is 2.23. The molecule has 4 heteroatoms. The van der Waals surface area contributed by atoms with Gasteiger partial charge < -0.3 is 14.2 Å². The number of hydrogen-bond acceptors (Lipinski definition) is 2. The van der Waals surface area contributed by atoms with E-state index in [1.807, 2.05) is 0 Å². The fraction of sp³-hybridized carbons (Fsp3) is 0.333. The Labute approximate surface area is 156 Å². The molecule has 134 valence electrons. The molecule has 1 heterocycles. The molecule has 3 nitrogen and oxygen atoms in total. The van der Waals surface area contributed by atoms with Gasteiger partial charge in [-0.15, -0.1) is 12.4 Å². The molecule has 0 fully saturated rings. The van der Waals surface area contributed by atoms with E-state index in [2.05, 4.69) is 78.3 Å². The summed E-state index contributed by atoms with van der Waals surface area (Å²) in [5.74, 6) is 0.925. The van der Waals surface area contributed by atoms with Crippen molar-refractivity contribution in [2.75, 3.05) is 27.7 Å². The van der Waals surface area contributed by atoms with Gasteiger partial charge in [-0.05, 0) is 56.3 Å². The smallest absolute Gasteiger partial charge is 0.119 e. The summed E-state index contributed by atoms with van der Waals surface area (Å²) in [5.41, 5.74) is 4.06. The Morgan fingerprint density at radius 1 is 1.00 bits per heavy atom. The van der Waals surface area contributed by atoms with Gasteiger partial charge in [-0.25, -0.2) is 0 Å². The zero-order valence-corrected chi connectivity index (χ0v) is 16.1. The van der Waals surface area contributed by atoms with Gasteiger partial charge in [0.1, 0.15) is 5.75 Å². The number of methoxy groups -OCH3 is 1. The number of aromatic nitrogens is 1. The minimum atomic E-state index is 0. The second-order valence-electron chi connectivity index (χ2n) is 6.52. The number of halogens is 1. The molecule has 0 aliphatic rings. The molecule has 0 aliphatic carbocycles. The van der Waals surface area contributed by atoms with Crippen molar-refractivity contribution in [1.29, 1.82) is 0 Å². The first kappa shape index (κ1) is 19.4. The summed E-state index contributed by atoms with van der Waals surface area (Å²) in [6, 6.07) is 17.1. The molecule has 0 radical (unpaired) electrons. The van der Waals surface area contributed by atoms with E-state index in [1.54, 1.807) is 7.11 Å². The molecule has 0 spiro atoms. The maximum absolute atomic E-state index is 5.42. The molecule has 3 aromatic rings. The van der Waals surface area contributed by atoms with Crippen molar-refractivity contribution in [2.24, 2.45) is 0 Å². The topological polar surface area (TPSA) is 17.4 Å². The summed E-state index contributed by atoms with van der Waals surface area (Å²) in [6.07, 6.45) is 4.41. The zero-order chi connectivity index (χ0) is 16.9. The first-order chi connectivity index (χ1) is 11.7. The van der Waals surface area contributed by atoms with Gasteiger partial charge in [-0.2, -0.15) is 0 Å². The van der Waals surface area contributed by atoms with Gasteiger partial charge >= 0.3 is 0 Å². The van der Waals surface area contributed by atoms with Crippen LogP contribution in [0.1, 0.15) is 11.1 Å². The van der Waals surface area contributed by atoms with E-state index in [9.17, 15) is 0 Å². The molecule has 1 aromatic heterocycles. The van der Waals surface area contributed by atoms with Gasteiger partial charge in [-0.1, -0.05) is 30.3 Å². The quantitative estimate of drug-likeness (QED) is 0.622. The summed E-state index contributed by atoms with van der Waals surface area (Å²) < 4.78 is 7.80. The van der Waals surface area contributed by atoms with E-state index in [-0.39, 0.29) is 12.4 Å². The van der Waals surface area contributed by atoms with Crippen LogP contribution in [0.5, 0.6) is 5.75 Å². The third kappa shape index (κ3) is 4.77. The Balaban J connectivity index is 0.00000225. The van der Waals surface area contributed by atoms with Crippen molar-refractivity contribution >= 4 is 23.3 Å². The highest BCUT2D eigenvalue weighted by atomic mass is 35.5. The van der Waals surface area contributed by atoms with Crippen LogP contribution in [0.25, 0.3) is 10.9 Å². The lowest BCUT2D eigenvalue weighted by Gasteiger charge is -2.08. The van der Waals surface area contributed by atoms with E-state index < -0.39 is 0 Å². The molecule has 0 bridgehead atoms. The van der Waals surface area contributed by atoms with E-state index in [0.29, 0.717) is 0 Å². The van der Waals surface area contributed by atoms with Crippen molar-refractivity contribution in [3.63, 3.8) is 0 Å². The van der Waals surface area contributed by atoms with Gasteiger partial charge in [0, 0.05) is 30.2 Å². The average molecular weight is 359 g/mol. The monoisotopic (exact) mass is 358 g/mol. The molecule has 0 N–H and O–H groups in total. The molecule has 0 aliphatic heterocycles. The van der Waals surface area contributed by atoms with Crippen LogP contribution in [0.15, 0.2) is 54.7 Å². The molecule has 0 saturated heterocycles. The molecule has 0 amide bonds. The average Bonchev–Trinajstić information content (AvgIpc) is 2.96. The molecule has 0 unspecified atom stereocenters. The van der Waals surface area contributed by atoms with Crippen LogP contribution < -0.4 is 4.74 Å². The largest absolute Gasteiger partial charge is 0.497 e. The van der Waals surface area contributed by atoms with Crippen molar-refractivity contribution in [3.8, 4) is 5.75 Å². The number of likely N-dealkylation sites (N-methyl/N-ethyl adjacent to an activating group) is 1. The molecule has 0 atom stereocenters. The lowest BCUT2D eigenvalue weighted by molar-refractivity contribution is 0.413. The molecule has 2 aromatic carbocycles. The van der Waals surface area contributed by atoms with Crippen LogP contribution in [0.3, 0.4) is 0 Å². The molecular formula is C21H27ClN2O. The standard InChI is InChI=1S/C21H26N2O.ClH/c1-22(2)13-12-18-16-23(14-11-17-7-5-4-6-8-17)21-10-9-19(24-3)15-20(18)21;/h4-10,15-16H,11-14H2,1-3H3;1H. The summed E-state index contributed by atoms with van der Waals surface area (Å²) in [7, 11) is 5.97. The molecule has 25 heavy (non-hydrogen) atoms. The highest BCUT2D eigenvalue weighted by Gasteiger charge is 2.10. The minimum absolute atomic E-state index is 0. The maximum Gasteiger partial charge on any atom is 0.119 e.